The van der Waals surface area contributed by atoms with E-state index in [1.54, 1.807) is 7.05 Å². The topological polar surface area (TPSA) is 264 Å². The lowest BCUT2D eigenvalue weighted by atomic mass is 9.82. The number of aromatic hydroxyl groups is 2. The van der Waals surface area contributed by atoms with Gasteiger partial charge in [0, 0.05) is 62.0 Å². The summed E-state index contributed by atoms with van der Waals surface area (Å²) in [5.74, 6) is -5.92. The minimum absolute atomic E-state index is 0.00795. The van der Waals surface area contributed by atoms with E-state index in [-0.39, 0.29) is 67.8 Å². The van der Waals surface area contributed by atoms with Crippen LogP contribution in [0.4, 0.5) is 5.13 Å². The fourth-order valence-corrected chi connectivity index (χ4v) is 11.7. The molecule has 9 atom stereocenters. The first-order chi connectivity index (χ1) is 27.6. The number of rotatable bonds is 12. The Morgan fingerprint density at radius 3 is 2.41 bits per heavy atom. The lowest BCUT2D eigenvalue weighted by Gasteiger charge is -2.58. The number of aliphatic carboxylic acids is 2. The highest BCUT2D eigenvalue weighted by Gasteiger charge is 2.62. The van der Waals surface area contributed by atoms with Crippen LogP contribution in [0.3, 0.4) is 0 Å². The maximum Gasteiger partial charge on any atom is 0.350 e. The second-order valence-corrected chi connectivity index (χ2v) is 19.4. The Bertz CT molecular complexity index is 2370. The lowest BCUT2D eigenvalue weighted by Crippen LogP contribution is -2.78. The van der Waals surface area contributed by atoms with E-state index in [0.717, 1.165) is 24.2 Å². The third-order valence-electron chi connectivity index (χ3n) is 12.6. The number of anilines is 1. The first-order valence-electron chi connectivity index (χ1n) is 19.0. The molecule has 2 bridgehead atoms. The molecule has 18 nitrogen and oxygen atoms in total. The van der Waals surface area contributed by atoms with Crippen molar-refractivity contribution in [1.29, 1.82) is 0 Å². The zero-order valence-corrected chi connectivity index (χ0v) is 35.1. The average molecular weight is 875 g/mol. The second-order valence-electron chi connectivity index (χ2n) is 16.6. The number of ketones is 1. The molecule has 316 valence electrons. The Hall–Kier alpha value is -4.92. The molecule has 0 spiro atoms. The zero-order chi connectivity index (χ0) is 43.0. The normalized spacial score (nSPS) is 29.2. The highest BCUT2D eigenvalue weighted by Crippen LogP contribution is 2.50. The molecule has 3 aromatic rings. The van der Waals surface area contributed by atoms with Crippen LogP contribution in [0.1, 0.15) is 68.9 Å². The van der Waals surface area contributed by atoms with E-state index < -0.39 is 75.4 Å². The van der Waals surface area contributed by atoms with Crippen LogP contribution in [0, 0.1) is 11.8 Å². The second kappa shape index (κ2) is 15.3. The summed E-state index contributed by atoms with van der Waals surface area (Å²) >= 11 is 8.66. The molecular formula is C38H45ClN7O11S2+. The number of oxime groups is 1. The van der Waals surface area contributed by atoms with Crippen molar-refractivity contribution >= 4 is 86.0 Å². The van der Waals surface area contributed by atoms with Gasteiger partial charge in [-0.05, 0) is 19.8 Å². The Balaban J connectivity index is 1.05. The van der Waals surface area contributed by atoms with Gasteiger partial charge in [-0.3, -0.25) is 19.2 Å². The number of nitrogens with two attached hydrogens (primary N) is 1. The molecule has 7 rings (SSSR count). The van der Waals surface area contributed by atoms with Crippen LogP contribution < -0.4 is 16.5 Å². The molecule has 2 aromatic heterocycles. The molecule has 0 aliphatic carbocycles. The number of piperidine rings is 1. The summed E-state index contributed by atoms with van der Waals surface area (Å²) in [5.41, 5.74) is 3.16. The van der Waals surface area contributed by atoms with Crippen molar-refractivity contribution < 1.29 is 53.7 Å². The van der Waals surface area contributed by atoms with Crippen LogP contribution >= 0.6 is 34.7 Å². The molecule has 7 N–H and O–H groups in total. The van der Waals surface area contributed by atoms with Crippen LogP contribution in [0.5, 0.6) is 11.5 Å². The van der Waals surface area contributed by atoms with Crippen molar-refractivity contribution in [3.05, 3.63) is 44.1 Å². The summed E-state index contributed by atoms with van der Waals surface area (Å²) in [4.78, 5) is 89.8. The number of carboxylic acid groups (broad SMARTS) is 2. The van der Waals surface area contributed by atoms with Gasteiger partial charge in [-0.25, -0.2) is 14.6 Å². The standard InChI is InChI=1S/C38H44ClN7O11S2/c1-15-20(29(35(53)54)45-33(52)28(34(45)59-15)42-32(51)27(21-14-58-37(40)41-21)43-57-38(2,3)36(55)56)13-46(5)17-6-7-18(46)9-16(8-17)10-23(47)19-12-44(4)22-11-24(48)31(50)26(39)25(22)30(19)49/h11-12,14-18,20,28-29,34H,6-10,13H2,1-5H3,(H6-,40,41,42,43,48,49,50,51,53,54,55,56)/p+1/t15-,16?,17-,18+,20?,28+,29?,34+,46?/m0/s1. The molecular weight excluding hydrogens is 830 g/mol. The lowest BCUT2D eigenvalue weighted by molar-refractivity contribution is -0.952. The predicted octanol–water partition coefficient (Wildman–Crippen LogP) is 2.74. The number of halogens is 1. The summed E-state index contributed by atoms with van der Waals surface area (Å²) < 4.78 is 2.10. The first-order valence-corrected chi connectivity index (χ1v) is 21.2. The first kappa shape index (κ1) is 42.2. The van der Waals surface area contributed by atoms with E-state index in [1.165, 1.54) is 52.7 Å². The quantitative estimate of drug-likeness (QED) is 0.0382. The van der Waals surface area contributed by atoms with Crippen LogP contribution in [-0.4, -0.2) is 129 Å². The molecule has 4 saturated heterocycles. The molecule has 2 amide bonds. The van der Waals surface area contributed by atoms with E-state index in [0.29, 0.717) is 23.9 Å². The Labute approximate surface area is 350 Å². The number of thiazole rings is 1. The van der Waals surface area contributed by atoms with Gasteiger partial charge in [-0.2, -0.15) is 0 Å². The highest BCUT2D eigenvalue weighted by molar-refractivity contribution is 8.00. The number of nitrogen functional groups attached to an aromatic ring is 1. The van der Waals surface area contributed by atoms with Gasteiger partial charge in [-0.15, -0.1) is 23.1 Å². The van der Waals surface area contributed by atoms with E-state index in [2.05, 4.69) is 22.5 Å². The molecule has 59 heavy (non-hydrogen) atoms. The third kappa shape index (κ3) is 7.26. The summed E-state index contributed by atoms with van der Waals surface area (Å²) in [7, 11) is 3.73. The smallest absolute Gasteiger partial charge is 0.350 e. The summed E-state index contributed by atoms with van der Waals surface area (Å²) in [6.07, 6.45) is 4.63. The molecule has 4 fully saturated rings. The number of carbonyl (C=O) groups is 5. The summed E-state index contributed by atoms with van der Waals surface area (Å²) in [5, 5.41) is 47.0. The number of Topliss-reactive ketones (excluding diaryl/α,β-unsaturated/α-hetero) is 1. The van der Waals surface area contributed by atoms with Gasteiger partial charge >= 0.3 is 11.9 Å². The van der Waals surface area contributed by atoms with Crippen LogP contribution in [0.15, 0.2) is 27.6 Å². The predicted molar refractivity (Wildman–Crippen MR) is 217 cm³/mol. The maximum atomic E-state index is 13.8. The van der Waals surface area contributed by atoms with Crippen molar-refractivity contribution in [2.24, 2.45) is 24.0 Å². The molecule has 4 aliphatic rings. The van der Waals surface area contributed by atoms with Crippen LogP contribution in [0.25, 0.3) is 10.9 Å². The monoisotopic (exact) mass is 874 g/mol. The molecule has 6 heterocycles. The fraction of sp³-hybridized carbons (Fsp3) is 0.526. The zero-order valence-electron chi connectivity index (χ0n) is 32.7. The van der Waals surface area contributed by atoms with Crippen LogP contribution in [-0.2, 0) is 31.1 Å². The van der Waals surface area contributed by atoms with Gasteiger partial charge in [0.25, 0.3) is 5.91 Å². The molecule has 21 heteroatoms. The van der Waals surface area contributed by atoms with Crippen molar-refractivity contribution in [1.82, 2.24) is 19.8 Å². The number of amides is 2. The van der Waals surface area contributed by atoms with Gasteiger partial charge < -0.3 is 50.3 Å². The SMILES string of the molecule is C[C@@H]1S[C@@H]2[C@H](NC(=O)/C(=N\OC(C)(C)C(=O)O)c3csc(N)n3)C(=O)N2C(C(=O)O)C1C[N+]1(C)[C@@H]2CC[C@H]1CC(CC(=O)c1cn(C)c3cc(O)c(O)c(Cl)c3c1=O)C2. The summed E-state index contributed by atoms with van der Waals surface area (Å²) in [6.45, 7) is 4.88. The average Bonchev–Trinajstić information content (AvgIpc) is 3.63. The van der Waals surface area contributed by atoms with Gasteiger partial charge in [0.05, 0.1) is 53.1 Å². The minimum Gasteiger partial charge on any atom is -0.504 e. The maximum absolute atomic E-state index is 13.8. The Morgan fingerprint density at radius 2 is 1.81 bits per heavy atom. The molecule has 4 aliphatic heterocycles. The number of fused-ring (bicyclic) bond motifs is 4. The summed E-state index contributed by atoms with van der Waals surface area (Å²) in [6, 6.07) is -0.844. The van der Waals surface area contributed by atoms with Crippen molar-refractivity contribution in [3.63, 3.8) is 0 Å². The third-order valence-corrected chi connectivity index (χ3v) is 15.2. The molecule has 0 saturated carbocycles. The number of nitrogens with zero attached hydrogens (tertiary/aromatic N) is 5. The number of phenols is 2. The van der Waals surface area contributed by atoms with Gasteiger partial charge in [0.1, 0.15) is 23.2 Å². The number of quaternary nitrogens is 1. The van der Waals surface area contributed by atoms with Crippen molar-refractivity contribution in [3.8, 4) is 11.5 Å². The van der Waals surface area contributed by atoms with Crippen molar-refractivity contribution in [2.45, 2.75) is 93.3 Å². The number of phenolic OH excluding ortho intramolecular Hbond substituents is 2. The number of β-lactam (4-membered cyclic amide) rings is 1. The number of benzene rings is 1. The fourth-order valence-electron chi connectivity index (χ4n) is 9.31. The molecule has 0 radical (unpaired) electrons. The Kier molecular flexibility index (Phi) is 10.9. The number of thioether (sulfide) groups is 1. The Morgan fingerprint density at radius 1 is 1.15 bits per heavy atom. The van der Waals surface area contributed by atoms with Gasteiger partial charge in [0.15, 0.2) is 28.1 Å². The van der Waals surface area contributed by atoms with E-state index in [4.69, 9.17) is 22.2 Å². The number of pyridine rings is 1. The number of aromatic nitrogens is 2. The number of aryl methyl sites for hydroxylation is 1. The number of carbonyl (C=O) groups excluding carboxylic acids is 3. The van der Waals surface area contributed by atoms with Crippen LogP contribution in [0.2, 0.25) is 5.02 Å². The largest absolute Gasteiger partial charge is 0.504 e. The number of carboxylic acids is 2. The van der Waals surface area contributed by atoms with E-state index in [9.17, 15) is 49.2 Å². The van der Waals surface area contributed by atoms with E-state index >= 15 is 0 Å². The van der Waals surface area contributed by atoms with Gasteiger partial charge in [0.2, 0.25) is 16.9 Å². The number of hydrogen-bond donors (Lipinski definition) is 6. The number of nitrogens with one attached hydrogen (secondary N) is 1. The highest BCUT2D eigenvalue weighted by atomic mass is 35.5. The molecule has 1 aromatic carbocycles. The minimum atomic E-state index is -1.80. The van der Waals surface area contributed by atoms with Gasteiger partial charge in [-0.1, -0.05) is 23.7 Å². The number of hydrogen-bond acceptors (Lipinski definition) is 14. The molecule has 4 unspecified atom stereocenters. The van der Waals surface area contributed by atoms with Crippen molar-refractivity contribution in [2.75, 3.05) is 19.3 Å². The van der Waals surface area contributed by atoms with E-state index in [1.807, 2.05) is 6.92 Å².